The summed E-state index contributed by atoms with van der Waals surface area (Å²) in [6.45, 7) is 2.68. The zero-order valence-corrected chi connectivity index (χ0v) is 16.5. The lowest BCUT2D eigenvalue weighted by atomic mass is 9.99. The number of amides is 1. The maximum absolute atomic E-state index is 12.6. The third-order valence-electron chi connectivity index (χ3n) is 4.70. The second-order valence-corrected chi connectivity index (χ2v) is 8.54. The van der Waals surface area contributed by atoms with E-state index in [9.17, 15) is 13.2 Å². The summed E-state index contributed by atoms with van der Waals surface area (Å²) in [6, 6.07) is 9.94. The SMILES string of the molecule is Cc1cc(CNS(=O)(=O)c2ccc3c(c2)CCN(C(=O)c2cccnn2)C3)no1. The van der Waals surface area contributed by atoms with E-state index in [0.717, 1.165) is 11.1 Å². The highest BCUT2D eigenvalue weighted by molar-refractivity contribution is 7.89. The van der Waals surface area contributed by atoms with Crippen LogP contribution in [-0.2, 0) is 29.5 Å². The van der Waals surface area contributed by atoms with E-state index in [1.807, 2.05) is 0 Å². The molecule has 1 N–H and O–H groups in total. The number of nitrogens with zero attached hydrogens (tertiary/aromatic N) is 4. The van der Waals surface area contributed by atoms with Crippen molar-refractivity contribution in [2.24, 2.45) is 0 Å². The Kier molecular flexibility index (Phi) is 5.12. The summed E-state index contributed by atoms with van der Waals surface area (Å²) in [5, 5.41) is 11.4. The molecule has 9 nitrogen and oxygen atoms in total. The van der Waals surface area contributed by atoms with E-state index < -0.39 is 10.0 Å². The highest BCUT2D eigenvalue weighted by atomic mass is 32.2. The number of nitrogens with one attached hydrogen (secondary N) is 1. The highest BCUT2D eigenvalue weighted by Gasteiger charge is 2.24. The molecule has 0 saturated carbocycles. The number of aromatic nitrogens is 3. The van der Waals surface area contributed by atoms with Gasteiger partial charge in [0.15, 0.2) is 5.69 Å². The van der Waals surface area contributed by atoms with Crippen molar-refractivity contribution in [1.29, 1.82) is 0 Å². The number of hydrogen-bond acceptors (Lipinski definition) is 7. The molecule has 0 atom stereocenters. The first-order valence-corrected chi connectivity index (χ1v) is 10.5. The molecule has 150 valence electrons. The summed E-state index contributed by atoms with van der Waals surface area (Å²) >= 11 is 0. The zero-order valence-electron chi connectivity index (χ0n) is 15.7. The molecule has 3 aromatic rings. The Morgan fingerprint density at radius 1 is 1.24 bits per heavy atom. The van der Waals surface area contributed by atoms with Gasteiger partial charge in [-0.15, -0.1) is 5.10 Å². The molecule has 29 heavy (non-hydrogen) atoms. The van der Waals surface area contributed by atoms with E-state index >= 15 is 0 Å². The van der Waals surface area contributed by atoms with E-state index in [1.165, 1.54) is 6.20 Å². The van der Waals surface area contributed by atoms with Crippen LogP contribution in [0.1, 0.15) is 33.1 Å². The highest BCUT2D eigenvalue weighted by Crippen LogP contribution is 2.23. The molecule has 3 heterocycles. The number of carbonyl (C=O) groups excluding carboxylic acids is 1. The molecule has 0 unspecified atom stereocenters. The molecular formula is C19H19N5O4S. The van der Waals surface area contributed by atoms with Crippen molar-refractivity contribution < 1.29 is 17.7 Å². The first kappa shape index (κ1) is 19.2. The van der Waals surface area contributed by atoms with Crippen LogP contribution in [0.3, 0.4) is 0 Å². The molecule has 0 aliphatic carbocycles. The lowest BCUT2D eigenvalue weighted by molar-refractivity contribution is 0.0727. The van der Waals surface area contributed by atoms with Gasteiger partial charge >= 0.3 is 0 Å². The second-order valence-electron chi connectivity index (χ2n) is 6.77. The van der Waals surface area contributed by atoms with Gasteiger partial charge in [0.1, 0.15) is 5.76 Å². The molecule has 0 spiro atoms. The quantitative estimate of drug-likeness (QED) is 0.672. The Labute approximate surface area is 167 Å². The van der Waals surface area contributed by atoms with Gasteiger partial charge in [0.05, 0.1) is 17.1 Å². The molecule has 10 heteroatoms. The standard InChI is InChI=1S/C19H19N5O4S/c1-13-9-16(23-28-13)11-21-29(26,27)17-5-4-15-12-24(8-6-14(15)10-17)19(25)18-3-2-7-20-22-18/h2-5,7,9-10,21H,6,8,11-12H2,1H3. The average Bonchev–Trinajstić information content (AvgIpc) is 3.17. The lowest BCUT2D eigenvalue weighted by Crippen LogP contribution is -2.36. The van der Waals surface area contributed by atoms with Crippen molar-refractivity contribution in [3.63, 3.8) is 0 Å². The summed E-state index contributed by atoms with van der Waals surface area (Å²) in [5.41, 5.74) is 2.64. The maximum Gasteiger partial charge on any atom is 0.274 e. The Bertz CT molecular complexity index is 1140. The van der Waals surface area contributed by atoms with E-state index in [-0.39, 0.29) is 17.3 Å². The van der Waals surface area contributed by atoms with Crippen molar-refractivity contribution >= 4 is 15.9 Å². The molecular weight excluding hydrogens is 394 g/mol. The lowest BCUT2D eigenvalue weighted by Gasteiger charge is -2.28. The van der Waals surface area contributed by atoms with Gasteiger partial charge in [0, 0.05) is 25.4 Å². The van der Waals surface area contributed by atoms with E-state index in [2.05, 4.69) is 20.1 Å². The van der Waals surface area contributed by atoms with Crippen LogP contribution in [0, 0.1) is 6.92 Å². The Morgan fingerprint density at radius 3 is 2.83 bits per heavy atom. The number of sulfonamides is 1. The fraction of sp³-hybridized carbons (Fsp3) is 0.263. The third-order valence-corrected chi connectivity index (χ3v) is 6.10. The van der Waals surface area contributed by atoms with Gasteiger partial charge in [-0.1, -0.05) is 11.2 Å². The minimum absolute atomic E-state index is 0.0527. The van der Waals surface area contributed by atoms with Gasteiger partial charge < -0.3 is 9.42 Å². The molecule has 0 saturated heterocycles. The van der Waals surface area contributed by atoms with Crippen molar-refractivity contribution in [3.05, 3.63) is 70.9 Å². The van der Waals surface area contributed by atoms with Gasteiger partial charge in [-0.05, 0) is 48.7 Å². The van der Waals surface area contributed by atoms with Crippen LogP contribution < -0.4 is 4.72 Å². The number of carbonyl (C=O) groups is 1. The van der Waals surface area contributed by atoms with Crippen molar-refractivity contribution in [3.8, 4) is 0 Å². The number of rotatable bonds is 5. The number of fused-ring (bicyclic) bond motifs is 1. The largest absolute Gasteiger partial charge is 0.361 e. The molecule has 1 aliphatic rings. The molecule has 0 fully saturated rings. The average molecular weight is 413 g/mol. The summed E-state index contributed by atoms with van der Waals surface area (Å²) < 4.78 is 32.7. The van der Waals surface area contributed by atoms with Crippen LogP contribution in [-0.4, -0.2) is 41.1 Å². The Morgan fingerprint density at radius 2 is 2.10 bits per heavy atom. The van der Waals surface area contributed by atoms with Crippen LogP contribution in [0.5, 0.6) is 0 Å². The molecule has 0 bridgehead atoms. The zero-order chi connectivity index (χ0) is 20.4. The number of aryl methyl sites for hydroxylation is 1. The molecule has 1 amide bonds. The van der Waals surface area contributed by atoms with Gasteiger partial charge in [-0.2, -0.15) is 5.10 Å². The first-order chi connectivity index (χ1) is 13.9. The smallest absolute Gasteiger partial charge is 0.274 e. The molecule has 4 rings (SSSR count). The molecule has 1 aromatic carbocycles. The van der Waals surface area contributed by atoms with Gasteiger partial charge in [0.2, 0.25) is 10.0 Å². The molecule has 0 radical (unpaired) electrons. The minimum atomic E-state index is -3.69. The number of hydrogen-bond donors (Lipinski definition) is 1. The third kappa shape index (κ3) is 4.17. The normalized spacial score (nSPS) is 13.9. The first-order valence-electron chi connectivity index (χ1n) is 9.03. The van der Waals surface area contributed by atoms with E-state index in [4.69, 9.17) is 4.52 Å². The maximum atomic E-state index is 12.6. The minimum Gasteiger partial charge on any atom is -0.361 e. The summed E-state index contributed by atoms with van der Waals surface area (Å²) in [5.74, 6) is 0.429. The van der Waals surface area contributed by atoms with Crippen LogP contribution in [0.2, 0.25) is 0 Å². The fourth-order valence-corrected chi connectivity index (χ4v) is 4.25. The van der Waals surface area contributed by atoms with Crippen molar-refractivity contribution in [1.82, 2.24) is 25.0 Å². The van der Waals surface area contributed by atoms with E-state index in [1.54, 1.807) is 48.2 Å². The Balaban J connectivity index is 1.47. The molecule has 1 aliphatic heterocycles. The number of benzene rings is 1. The van der Waals surface area contributed by atoms with E-state index in [0.29, 0.717) is 36.7 Å². The van der Waals surface area contributed by atoms with Crippen LogP contribution in [0.25, 0.3) is 0 Å². The van der Waals surface area contributed by atoms with Gasteiger partial charge in [-0.25, -0.2) is 13.1 Å². The second kappa shape index (κ2) is 7.72. The van der Waals surface area contributed by atoms with Gasteiger partial charge in [-0.3, -0.25) is 4.79 Å². The predicted molar refractivity (Wildman–Crippen MR) is 102 cm³/mol. The van der Waals surface area contributed by atoms with Crippen molar-refractivity contribution in [2.45, 2.75) is 31.3 Å². The Hall–Kier alpha value is -3.11. The molecule has 2 aromatic heterocycles. The monoisotopic (exact) mass is 413 g/mol. The summed E-state index contributed by atoms with van der Waals surface area (Å²) in [4.78, 5) is 14.4. The fourth-order valence-electron chi connectivity index (χ4n) is 3.20. The predicted octanol–water partition coefficient (Wildman–Crippen LogP) is 1.45. The van der Waals surface area contributed by atoms with Crippen LogP contribution in [0.4, 0.5) is 0 Å². The summed E-state index contributed by atoms with van der Waals surface area (Å²) in [6.07, 6.45) is 2.08. The topological polar surface area (TPSA) is 118 Å². The van der Waals surface area contributed by atoms with Crippen LogP contribution >= 0.6 is 0 Å². The van der Waals surface area contributed by atoms with Crippen LogP contribution in [0.15, 0.2) is 52.0 Å². The van der Waals surface area contributed by atoms with Crippen molar-refractivity contribution in [2.75, 3.05) is 6.54 Å². The summed E-state index contributed by atoms with van der Waals surface area (Å²) in [7, 11) is -3.69. The van der Waals surface area contributed by atoms with Gasteiger partial charge in [0.25, 0.3) is 5.91 Å².